The molecular formula is C116H87N7O6S2. The molecule has 0 radical (unpaired) electrons. The van der Waals surface area contributed by atoms with Gasteiger partial charge in [0, 0.05) is 202 Å². The van der Waals surface area contributed by atoms with E-state index < -0.39 is 0 Å². The van der Waals surface area contributed by atoms with Gasteiger partial charge in [-0.15, -0.1) is 22.7 Å². The number of fused-ring (bicyclic) bond motifs is 35. The van der Waals surface area contributed by atoms with Crippen LogP contribution in [-0.2, 0) is 28.2 Å². The van der Waals surface area contributed by atoms with Crippen molar-refractivity contribution in [3.8, 4) is 64.8 Å². The second kappa shape index (κ2) is 27.2. The molecule has 2 aliphatic rings. The third-order valence-corrected chi connectivity index (χ3v) is 30.9. The van der Waals surface area contributed by atoms with Crippen molar-refractivity contribution in [1.82, 2.24) is 23.3 Å². The number of anilines is 6. The molecule has 0 amide bonds. The molecule has 0 saturated heterocycles. The van der Waals surface area contributed by atoms with E-state index in [1.54, 1.807) is 22.7 Å². The Labute approximate surface area is 764 Å². The summed E-state index contributed by atoms with van der Waals surface area (Å²) in [6.07, 6.45) is 0. The van der Waals surface area contributed by atoms with Crippen molar-refractivity contribution in [1.29, 1.82) is 0 Å². The van der Waals surface area contributed by atoms with Crippen molar-refractivity contribution in [3.05, 3.63) is 328 Å². The third kappa shape index (κ3) is 10.2. The van der Waals surface area contributed by atoms with Gasteiger partial charge in [0.05, 0.1) is 41.3 Å². The second-order valence-corrected chi connectivity index (χ2v) is 37.2. The highest BCUT2D eigenvalue weighted by molar-refractivity contribution is 7.20. The van der Waals surface area contributed by atoms with Crippen molar-refractivity contribution in [3.63, 3.8) is 0 Å². The molecule has 1 N–H and O–H groups in total. The van der Waals surface area contributed by atoms with Gasteiger partial charge in [0.15, 0.2) is 23.0 Å². The minimum atomic E-state index is 0. The Morgan fingerprint density at radius 1 is 0.244 bits per heavy atom. The molecule has 0 aliphatic carbocycles. The summed E-state index contributed by atoms with van der Waals surface area (Å²) in [6, 6.07) is 120. The van der Waals surface area contributed by atoms with Crippen LogP contribution in [0.3, 0.4) is 0 Å². The highest BCUT2D eigenvalue weighted by Gasteiger charge is 2.35. The molecule has 2 aliphatic heterocycles. The number of furan rings is 2. The molecule has 15 heteroatoms. The van der Waals surface area contributed by atoms with Crippen LogP contribution in [-0.4, -0.2) is 49.7 Å². The molecule has 0 unspecified atom stereocenters. The highest BCUT2D eigenvalue weighted by atomic mass is 32.1. The first-order chi connectivity index (χ1) is 64.7. The van der Waals surface area contributed by atoms with E-state index in [2.05, 4.69) is 389 Å². The third-order valence-electron chi connectivity index (χ3n) is 28.5. The van der Waals surface area contributed by atoms with Gasteiger partial charge >= 0.3 is 0 Å². The van der Waals surface area contributed by atoms with E-state index in [1.807, 2.05) is 0 Å². The van der Waals surface area contributed by atoms with Crippen LogP contribution < -0.4 is 28.7 Å². The average molecular weight is 1740 g/mol. The summed E-state index contributed by atoms with van der Waals surface area (Å²) >= 11 is 3.41. The first-order valence-electron chi connectivity index (χ1n) is 44.6. The number of aromatic nitrogens is 5. The van der Waals surface area contributed by atoms with Crippen LogP contribution in [0.15, 0.2) is 336 Å². The molecule has 29 rings (SSSR count). The predicted molar refractivity (Wildman–Crippen MR) is 558 cm³/mol. The van der Waals surface area contributed by atoms with Gasteiger partial charge in [0.2, 0.25) is 0 Å². The van der Waals surface area contributed by atoms with Crippen molar-refractivity contribution in [2.75, 3.05) is 36.2 Å². The van der Waals surface area contributed by atoms with Gasteiger partial charge < -0.3 is 60.8 Å². The zero-order valence-corrected chi connectivity index (χ0v) is 73.1. The van der Waals surface area contributed by atoms with E-state index in [0.29, 0.717) is 26.4 Å². The van der Waals surface area contributed by atoms with E-state index in [9.17, 15) is 0 Å². The number of nitrogens with zero attached hydrogens (tertiary/aromatic N) is 6. The number of hydrogen-bond acceptors (Lipinski definition) is 10. The molecule has 11 heterocycles. The van der Waals surface area contributed by atoms with Crippen LogP contribution in [0, 0.1) is 0 Å². The maximum atomic E-state index is 7.77. The zero-order chi connectivity index (χ0) is 86.0. The van der Waals surface area contributed by atoms with Gasteiger partial charge in [-0.3, -0.25) is 0 Å². The monoisotopic (exact) mass is 1740 g/mol. The van der Waals surface area contributed by atoms with E-state index in [1.165, 1.54) is 87.2 Å². The molecule has 27 aromatic rings. The normalized spacial score (nSPS) is 13.2. The summed E-state index contributed by atoms with van der Waals surface area (Å²) < 4.78 is 52.1. The predicted octanol–water partition coefficient (Wildman–Crippen LogP) is 33.1. The van der Waals surface area contributed by atoms with Gasteiger partial charge in [0.25, 0.3) is 0 Å². The summed E-state index contributed by atoms with van der Waals surface area (Å²) in [5.41, 5.74) is 25.0. The van der Waals surface area contributed by atoms with Gasteiger partial charge in [-0.25, -0.2) is 0 Å². The van der Waals surface area contributed by atoms with Crippen LogP contribution in [0.4, 0.5) is 34.1 Å². The maximum Gasteiger partial charge on any atom is 0.180 e. The number of thiophene rings is 2. The Hall–Kier alpha value is -16.2. The topological polar surface area (TPSA) is 105 Å². The molecule has 131 heavy (non-hydrogen) atoms. The minimum Gasteiger partial charge on any atom is -0.485 e. The van der Waals surface area contributed by atoms with Crippen LogP contribution in [0.25, 0.3) is 238 Å². The smallest absolute Gasteiger partial charge is 0.180 e. The van der Waals surface area contributed by atoms with Gasteiger partial charge in [-0.1, -0.05) is 194 Å². The number of benzene rings is 18. The molecule has 0 saturated carbocycles. The Morgan fingerprint density at radius 2 is 0.504 bits per heavy atom. The number of aryl methyl sites for hydroxylation is 4. The number of hydrogen-bond donors (Lipinski definition) is 1. The van der Waals surface area contributed by atoms with Crippen molar-refractivity contribution in [2.24, 2.45) is 28.2 Å². The SMILES string of the molecule is Cn1c2ccccc2c2cc(N(c3ccc(-c4sc(-c5cc6oc7c(c8ccccc8c8[nH]c9c%10ccccc%10c%10c(oc%11cc(-c%12sc(-c%13ccc(N(c%14ccc%15c(c%14)c%14ccccc%14n%15C)c%14ccc%15c(c%14)c%14ccccc%14n%15C)cc%13)c%13c%12OCCO%13)c%12ccccc%12c%11%10)c9c87)c6c6ccccc56)c5c4OCCO5)cc3)c3ccc4c(c3)c3ccccc3n4C)ccc21.[HH].[HH].[HH].[HH].[HH].[HH]. The number of aromatic amines is 1. The second-order valence-electron chi connectivity index (χ2n) is 35.1. The fraction of sp³-hybridized carbons (Fsp3) is 0.0690. The fourth-order valence-corrected chi connectivity index (χ4v) is 25.0. The van der Waals surface area contributed by atoms with Crippen LogP contribution in [0.2, 0.25) is 0 Å². The summed E-state index contributed by atoms with van der Waals surface area (Å²) in [5.74, 6) is 2.97. The summed E-state index contributed by atoms with van der Waals surface area (Å²) in [6.45, 7) is 1.68. The molecule has 0 atom stereocenters. The summed E-state index contributed by atoms with van der Waals surface area (Å²) in [5, 5.41) is 24.4. The summed E-state index contributed by atoms with van der Waals surface area (Å²) in [4.78, 5) is 12.8. The Bertz CT molecular complexity index is 8970. The van der Waals surface area contributed by atoms with E-state index in [-0.39, 0.29) is 8.56 Å². The van der Waals surface area contributed by atoms with E-state index in [0.717, 1.165) is 208 Å². The first kappa shape index (κ1) is 72.9. The maximum absolute atomic E-state index is 7.77. The minimum absolute atomic E-state index is 0. The first-order valence-corrected chi connectivity index (χ1v) is 46.3. The van der Waals surface area contributed by atoms with Gasteiger partial charge in [-0.05, 0) is 177 Å². The lowest BCUT2D eigenvalue weighted by molar-refractivity contribution is 0.175. The fourth-order valence-electron chi connectivity index (χ4n) is 22.6. The lowest BCUT2D eigenvalue weighted by atomic mass is 9.93. The van der Waals surface area contributed by atoms with E-state index >= 15 is 0 Å². The Kier molecular flexibility index (Phi) is 15.1. The molecule has 0 spiro atoms. The standard InChI is InChI=1S/C116H75N7O6S2.6H2/c1-118-89-33-17-13-23-73(89)83-57-67(45-49-93(83)118)122(68-46-50-94-84(58-68)74-24-14-18-34-90(74)119(94)2)65-41-37-63(38-42-65)113-109-111(126-55-53-124-109)115(130-113)87-61-97-99(77-27-7-5-21-71(77)87)101-79-29-9-11-31-81(79)105-103(107(101)128-97)104-106(117-105)82-32-12-10-30-80(82)102-100-78-28-8-6-22-72(78)88(62-98(100)129-108(102)104)116-112-110(125-54-56-127-112)114(131-116)64-39-43-66(44-40-64)123(69-47-51-95-85(59-69)75-25-15-19-35-91(75)120(95)3)70-48-52-96-86(60-70)76-26-16-20-36-92(76)121(96)4;;;;;;/h5-52,57-62,117H,53-56H2,1-4H3;6*1H. The lowest BCUT2D eigenvalue weighted by Crippen LogP contribution is -2.14. The van der Waals surface area contributed by atoms with Crippen LogP contribution >= 0.6 is 22.7 Å². The van der Waals surface area contributed by atoms with Gasteiger partial charge in [-0.2, -0.15) is 0 Å². The average Bonchev–Trinajstić information content (AvgIpc) is 1.51. The van der Waals surface area contributed by atoms with Crippen molar-refractivity contribution < 1.29 is 36.3 Å². The number of H-pyrrole nitrogens is 1. The molecule has 18 aromatic carbocycles. The summed E-state index contributed by atoms with van der Waals surface area (Å²) in [7, 11) is 8.64. The van der Waals surface area contributed by atoms with E-state index in [4.69, 9.17) is 27.8 Å². The molecule has 13 nitrogen and oxygen atoms in total. The van der Waals surface area contributed by atoms with Crippen LogP contribution in [0.5, 0.6) is 23.0 Å². The zero-order valence-electron chi connectivity index (χ0n) is 71.5. The largest absolute Gasteiger partial charge is 0.485 e. The molecular weight excluding hydrogens is 1650 g/mol. The molecule has 9 aromatic heterocycles. The number of para-hydroxylation sites is 4. The van der Waals surface area contributed by atoms with Crippen LogP contribution in [0.1, 0.15) is 8.56 Å². The quantitative estimate of drug-likeness (QED) is 0.144. The molecule has 0 fully saturated rings. The number of rotatable bonds is 10. The molecule has 634 valence electrons. The Morgan fingerprint density at radius 3 is 0.824 bits per heavy atom. The Balaban J connectivity index is 0.00000176. The molecule has 0 bridgehead atoms. The highest BCUT2D eigenvalue weighted by Crippen LogP contribution is 2.61. The van der Waals surface area contributed by atoms with Crippen molar-refractivity contribution >= 4 is 253 Å². The lowest BCUT2D eigenvalue weighted by Gasteiger charge is -2.26. The number of nitrogens with one attached hydrogen (secondary N) is 1. The van der Waals surface area contributed by atoms with Crippen molar-refractivity contribution in [2.45, 2.75) is 0 Å². The van der Waals surface area contributed by atoms with Gasteiger partial charge in [0.1, 0.15) is 48.8 Å². The number of ether oxygens (including phenoxy) is 4.